The Bertz CT molecular complexity index is 613. The van der Waals surface area contributed by atoms with E-state index in [2.05, 4.69) is 10.6 Å². The summed E-state index contributed by atoms with van der Waals surface area (Å²) in [4.78, 5) is 34.5. The van der Waals surface area contributed by atoms with Gasteiger partial charge in [0.15, 0.2) is 6.61 Å². The number of carbonyl (C=O) groups excluding carboxylic acids is 3. The maximum Gasteiger partial charge on any atom is 0.407 e. The van der Waals surface area contributed by atoms with E-state index in [1.807, 2.05) is 0 Å². The minimum atomic E-state index is -0.585. The Morgan fingerprint density at radius 2 is 1.92 bits per heavy atom. The molecule has 138 valence electrons. The second kappa shape index (κ2) is 9.61. The summed E-state index contributed by atoms with van der Waals surface area (Å²) in [6.07, 6.45) is -0.164. The van der Waals surface area contributed by atoms with Gasteiger partial charge in [0.1, 0.15) is 11.4 Å². The zero-order valence-electron chi connectivity index (χ0n) is 14.6. The standard InChI is InChI=1S/C17H23FN2O5/c1-17(2,3)25-16(23)19-9-5-8-15(22)24-11-14(21)20-13-7-4-6-12(18)10-13/h4,6-7,10H,5,8-9,11H2,1-3H3,(H,19,23)(H,20,21). The highest BCUT2D eigenvalue weighted by molar-refractivity contribution is 5.92. The Morgan fingerprint density at radius 3 is 2.56 bits per heavy atom. The highest BCUT2D eigenvalue weighted by Gasteiger charge is 2.15. The highest BCUT2D eigenvalue weighted by atomic mass is 19.1. The molecule has 0 spiro atoms. The van der Waals surface area contributed by atoms with E-state index in [-0.39, 0.29) is 18.7 Å². The number of rotatable bonds is 7. The van der Waals surface area contributed by atoms with Crippen molar-refractivity contribution in [1.82, 2.24) is 5.32 Å². The van der Waals surface area contributed by atoms with Crippen molar-refractivity contribution in [2.45, 2.75) is 39.2 Å². The van der Waals surface area contributed by atoms with Gasteiger partial charge in [-0.15, -0.1) is 0 Å². The molecule has 1 aromatic rings. The molecule has 1 aromatic carbocycles. The monoisotopic (exact) mass is 354 g/mol. The van der Waals surface area contributed by atoms with Crippen molar-refractivity contribution < 1.29 is 28.2 Å². The molecule has 0 aliphatic heterocycles. The van der Waals surface area contributed by atoms with Gasteiger partial charge in [0, 0.05) is 18.7 Å². The van der Waals surface area contributed by atoms with Crippen LogP contribution in [0.5, 0.6) is 0 Å². The maximum atomic E-state index is 13.0. The predicted octanol–water partition coefficient (Wildman–Crippen LogP) is 2.61. The van der Waals surface area contributed by atoms with E-state index in [0.717, 1.165) is 6.07 Å². The molecule has 7 nitrogen and oxygen atoms in total. The van der Waals surface area contributed by atoms with Gasteiger partial charge in [0.25, 0.3) is 5.91 Å². The topological polar surface area (TPSA) is 93.7 Å². The third-order valence-electron chi connectivity index (χ3n) is 2.70. The molecule has 1 rings (SSSR count). The van der Waals surface area contributed by atoms with Crippen LogP contribution in [0.2, 0.25) is 0 Å². The Hall–Kier alpha value is -2.64. The lowest BCUT2D eigenvalue weighted by Crippen LogP contribution is -2.33. The van der Waals surface area contributed by atoms with E-state index < -0.39 is 36.0 Å². The van der Waals surface area contributed by atoms with Crippen LogP contribution < -0.4 is 10.6 Å². The average molecular weight is 354 g/mol. The quantitative estimate of drug-likeness (QED) is 0.580. The number of halogens is 1. The van der Waals surface area contributed by atoms with E-state index in [1.54, 1.807) is 20.8 Å². The van der Waals surface area contributed by atoms with Crippen LogP contribution >= 0.6 is 0 Å². The molecular weight excluding hydrogens is 331 g/mol. The number of ether oxygens (including phenoxy) is 2. The number of anilines is 1. The number of nitrogens with one attached hydrogen (secondary N) is 2. The molecule has 8 heteroatoms. The summed E-state index contributed by atoms with van der Waals surface area (Å²) in [6.45, 7) is 5.03. The third kappa shape index (κ3) is 9.95. The maximum absolute atomic E-state index is 13.0. The van der Waals surface area contributed by atoms with Gasteiger partial charge >= 0.3 is 12.1 Å². The summed E-state index contributed by atoms with van der Waals surface area (Å²) in [5, 5.41) is 4.93. The Labute approximate surface area is 145 Å². The summed E-state index contributed by atoms with van der Waals surface area (Å²) in [7, 11) is 0. The molecule has 2 N–H and O–H groups in total. The molecule has 0 unspecified atom stereocenters. The van der Waals surface area contributed by atoms with Crippen molar-refractivity contribution in [1.29, 1.82) is 0 Å². The van der Waals surface area contributed by atoms with Crippen LogP contribution in [0.25, 0.3) is 0 Å². The van der Waals surface area contributed by atoms with Gasteiger partial charge in [-0.05, 0) is 45.4 Å². The largest absolute Gasteiger partial charge is 0.456 e. The molecule has 25 heavy (non-hydrogen) atoms. The van der Waals surface area contributed by atoms with Gasteiger partial charge in [0.2, 0.25) is 0 Å². The molecule has 0 saturated carbocycles. The number of alkyl carbamates (subject to hydrolysis) is 1. The van der Waals surface area contributed by atoms with Crippen LogP contribution in [0.4, 0.5) is 14.9 Å². The first-order valence-electron chi connectivity index (χ1n) is 7.83. The zero-order chi connectivity index (χ0) is 18.9. The summed E-state index contributed by atoms with van der Waals surface area (Å²) in [6, 6.07) is 5.38. The Balaban J connectivity index is 2.16. The molecule has 0 heterocycles. The number of hydrogen-bond acceptors (Lipinski definition) is 5. The van der Waals surface area contributed by atoms with Crippen LogP contribution in [0.1, 0.15) is 33.6 Å². The van der Waals surface area contributed by atoms with Crippen molar-refractivity contribution >= 4 is 23.7 Å². The molecule has 0 fully saturated rings. The Kier molecular flexibility index (Phi) is 7.84. The van der Waals surface area contributed by atoms with Gasteiger partial charge in [0.05, 0.1) is 0 Å². The van der Waals surface area contributed by atoms with Crippen molar-refractivity contribution in [2.24, 2.45) is 0 Å². The van der Waals surface area contributed by atoms with Crippen LogP contribution in [-0.2, 0) is 19.1 Å². The second-order valence-corrected chi connectivity index (χ2v) is 6.25. The first-order chi connectivity index (χ1) is 11.7. The van der Waals surface area contributed by atoms with Gasteiger partial charge in [-0.2, -0.15) is 0 Å². The molecule has 2 amide bonds. The number of carbonyl (C=O) groups is 3. The van der Waals surface area contributed by atoms with E-state index in [0.29, 0.717) is 6.42 Å². The first kappa shape index (κ1) is 20.4. The number of benzene rings is 1. The van der Waals surface area contributed by atoms with Crippen LogP contribution in [0.3, 0.4) is 0 Å². The van der Waals surface area contributed by atoms with Gasteiger partial charge in [-0.25, -0.2) is 9.18 Å². The van der Waals surface area contributed by atoms with E-state index >= 15 is 0 Å². The fourth-order valence-electron chi connectivity index (χ4n) is 1.72. The fraction of sp³-hybridized carbons (Fsp3) is 0.471. The molecule has 0 bridgehead atoms. The molecule has 0 saturated heterocycles. The molecule has 0 aliphatic rings. The number of hydrogen-bond donors (Lipinski definition) is 2. The van der Waals surface area contributed by atoms with E-state index in [9.17, 15) is 18.8 Å². The van der Waals surface area contributed by atoms with Gasteiger partial charge in [-0.3, -0.25) is 9.59 Å². The SMILES string of the molecule is CC(C)(C)OC(=O)NCCCC(=O)OCC(=O)Nc1cccc(F)c1. The second-order valence-electron chi connectivity index (χ2n) is 6.25. The lowest BCUT2D eigenvalue weighted by atomic mass is 10.2. The zero-order valence-corrected chi connectivity index (χ0v) is 14.6. The molecule has 0 atom stereocenters. The molecule has 0 aromatic heterocycles. The minimum Gasteiger partial charge on any atom is -0.456 e. The molecular formula is C17H23FN2O5. The van der Waals surface area contributed by atoms with E-state index in [1.165, 1.54) is 18.2 Å². The lowest BCUT2D eigenvalue weighted by Gasteiger charge is -2.19. The number of esters is 1. The third-order valence-corrected chi connectivity index (χ3v) is 2.70. The van der Waals surface area contributed by atoms with Crippen molar-refractivity contribution in [3.63, 3.8) is 0 Å². The average Bonchev–Trinajstić information content (AvgIpc) is 2.48. The normalized spacial score (nSPS) is 10.7. The fourth-order valence-corrected chi connectivity index (χ4v) is 1.72. The van der Waals surface area contributed by atoms with Crippen LogP contribution in [0, 0.1) is 5.82 Å². The highest BCUT2D eigenvalue weighted by Crippen LogP contribution is 2.09. The predicted molar refractivity (Wildman–Crippen MR) is 89.5 cm³/mol. The van der Waals surface area contributed by atoms with Gasteiger partial charge < -0.3 is 20.1 Å². The minimum absolute atomic E-state index is 0.0447. The van der Waals surface area contributed by atoms with Crippen molar-refractivity contribution in [3.05, 3.63) is 30.1 Å². The van der Waals surface area contributed by atoms with Gasteiger partial charge in [-0.1, -0.05) is 6.07 Å². The van der Waals surface area contributed by atoms with Crippen LogP contribution in [-0.4, -0.2) is 36.7 Å². The summed E-state index contributed by atoms with van der Waals surface area (Å²) in [5.74, 6) is -1.61. The van der Waals surface area contributed by atoms with Crippen molar-refractivity contribution in [2.75, 3.05) is 18.5 Å². The number of amides is 2. The smallest absolute Gasteiger partial charge is 0.407 e. The summed E-state index contributed by atoms with van der Waals surface area (Å²) in [5.41, 5.74) is -0.305. The van der Waals surface area contributed by atoms with E-state index in [4.69, 9.17) is 9.47 Å². The summed E-state index contributed by atoms with van der Waals surface area (Å²) < 4.78 is 22.8. The van der Waals surface area contributed by atoms with Crippen molar-refractivity contribution in [3.8, 4) is 0 Å². The molecule has 0 aliphatic carbocycles. The summed E-state index contributed by atoms with van der Waals surface area (Å²) >= 11 is 0. The molecule has 0 radical (unpaired) electrons. The van der Waals surface area contributed by atoms with Crippen LogP contribution in [0.15, 0.2) is 24.3 Å². The Morgan fingerprint density at radius 1 is 1.20 bits per heavy atom. The first-order valence-corrected chi connectivity index (χ1v) is 7.83. The lowest BCUT2D eigenvalue weighted by molar-refractivity contribution is -0.147.